The van der Waals surface area contributed by atoms with Gasteiger partial charge in [-0.3, -0.25) is 9.69 Å². The fraction of sp³-hybridized carbons (Fsp3) is 0.562. The summed E-state index contributed by atoms with van der Waals surface area (Å²) in [6.07, 6.45) is 6.36. The molecule has 2 bridgehead atoms. The van der Waals surface area contributed by atoms with Gasteiger partial charge >= 0.3 is 6.01 Å². The van der Waals surface area contributed by atoms with Gasteiger partial charge in [-0.1, -0.05) is 11.7 Å². The molecule has 12 nitrogen and oxygen atoms in total. The molecule has 0 aromatic carbocycles. The second kappa shape index (κ2) is 10.5. The van der Waals surface area contributed by atoms with Crippen LogP contribution < -0.4 is 15.4 Å². The third-order valence-corrected chi connectivity index (χ3v) is 12.0. The molecule has 45 heavy (non-hydrogen) atoms. The summed E-state index contributed by atoms with van der Waals surface area (Å²) >= 11 is 1.48. The van der Waals surface area contributed by atoms with Crippen molar-refractivity contribution in [1.29, 1.82) is 5.26 Å². The summed E-state index contributed by atoms with van der Waals surface area (Å²) in [5.41, 5.74) is 7.55. The number of ether oxygens (including phenoxy) is 1. The number of likely N-dealkylation sites (N-methyl/N-ethyl adjacent to an activating group) is 1. The molecular formula is C32H37N9O3S. The van der Waals surface area contributed by atoms with Crippen LogP contribution >= 0.6 is 11.3 Å². The Labute approximate surface area is 265 Å². The van der Waals surface area contributed by atoms with Crippen LogP contribution in [-0.2, 0) is 16.6 Å². The molecule has 2 N–H and O–H groups in total. The number of rotatable bonds is 6. The van der Waals surface area contributed by atoms with E-state index in [0.29, 0.717) is 83.9 Å². The molecule has 8 rings (SSSR count). The Balaban J connectivity index is 1.14. The number of nitrogens with two attached hydrogens (primary N) is 1. The lowest BCUT2D eigenvalue weighted by atomic mass is 9.72. The van der Waals surface area contributed by atoms with Gasteiger partial charge in [-0.25, -0.2) is 0 Å². The maximum Gasteiger partial charge on any atom is 0.319 e. The van der Waals surface area contributed by atoms with Crippen LogP contribution in [0.2, 0.25) is 0 Å². The average Bonchev–Trinajstić information content (AvgIpc) is 3.85. The molecule has 4 fully saturated rings. The minimum absolute atomic E-state index is 0.0396. The molecular weight excluding hydrogens is 590 g/mol. The van der Waals surface area contributed by atoms with Gasteiger partial charge in [0.1, 0.15) is 28.7 Å². The number of hydrogen-bond acceptors (Lipinski definition) is 12. The summed E-state index contributed by atoms with van der Waals surface area (Å²) in [4.78, 5) is 34.4. The second-order valence-corrected chi connectivity index (χ2v) is 14.6. The Bertz CT molecular complexity index is 1720. The SMILES string of the molecule is C=CC(=O)N1CCN(c2cc(-c3noc([C@@]4(C)CCCc5sc(N)c(C#N)c54)n3)nc(O[C@H]3C4CC5CN(C)[C@@H]3[C@H]5C4)n2)CC1. The molecule has 3 aromatic heterocycles. The molecule has 2 saturated heterocycles. The number of anilines is 2. The predicted molar refractivity (Wildman–Crippen MR) is 168 cm³/mol. The smallest absolute Gasteiger partial charge is 0.319 e. The first-order chi connectivity index (χ1) is 21.8. The van der Waals surface area contributed by atoms with Crippen molar-refractivity contribution in [2.24, 2.45) is 17.8 Å². The fourth-order valence-electron chi connectivity index (χ4n) is 8.87. The van der Waals surface area contributed by atoms with Crippen LogP contribution in [0.1, 0.15) is 54.5 Å². The number of nitriles is 1. The number of aromatic nitrogens is 4. The quantitative estimate of drug-likeness (QED) is 0.401. The Morgan fingerprint density at radius 1 is 1.24 bits per heavy atom. The average molecular weight is 628 g/mol. The molecule has 6 atom stereocenters. The van der Waals surface area contributed by atoms with E-state index in [1.807, 2.05) is 6.07 Å². The second-order valence-electron chi connectivity index (χ2n) is 13.4. The lowest BCUT2D eigenvalue weighted by molar-refractivity contribution is -0.126. The van der Waals surface area contributed by atoms with Gasteiger partial charge in [0.2, 0.25) is 17.6 Å². The van der Waals surface area contributed by atoms with Crippen molar-refractivity contribution in [1.82, 2.24) is 29.9 Å². The third-order valence-electron chi connectivity index (χ3n) is 11.0. The topological polar surface area (TPSA) is 151 Å². The fourth-order valence-corrected chi connectivity index (χ4v) is 10.1. The van der Waals surface area contributed by atoms with Crippen LogP contribution in [0.3, 0.4) is 0 Å². The van der Waals surface area contributed by atoms with E-state index in [9.17, 15) is 10.1 Å². The summed E-state index contributed by atoms with van der Waals surface area (Å²) in [6, 6.07) is 4.88. The van der Waals surface area contributed by atoms with Crippen LogP contribution in [0.4, 0.5) is 10.8 Å². The highest BCUT2D eigenvalue weighted by Gasteiger charge is 2.59. The zero-order chi connectivity index (χ0) is 31.0. The molecule has 2 unspecified atom stereocenters. The number of carbonyl (C=O) groups excluding carboxylic acids is 1. The highest BCUT2D eigenvalue weighted by molar-refractivity contribution is 7.16. The highest BCUT2D eigenvalue weighted by Crippen LogP contribution is 2.55. The van der Waals surface area contributed by atoms with E-state index in [4.69, 9.17) is 29.9 Å². The van der Waals surface area contributed by atoms with E-state index in [1.54, 1.807) is 4.90 Å². The van der Waals surface area contributed by atoms with Crippen LogP contribution in [0.5, 0.6) is 6.01 Å². The largest absolute Gasteiger partial charge is 0.458 e. The van der Waals surface area contributed by atoms with Gasteiger partial charge in [-0.2, -0.15) is 20.2 Å². The summed E-state index contributed by atoms with van der Waals surface area (Å²) in [5, 5.41) is 14.9. The molecule has 13 heteroatoms. The van der Waals surface area contributed by atoms with E-state index in [-0.39, 0.29) is 12.0 Å². The van der Waals surface area contributed by atoms with Crippen LogP contribution in [0, 0.1) is 29.1 Å². The molecule has 3 aromatic rings. The molecule has 1 amide bonds. The molecule has 2 aliphatic heterocycles. The number of hydrogen-bond donors (Lipinski definition) is 1. The van der Waals surface area contributed by atoms with Gasteiger partial charge in [-0.15, -0.1) is 11.3 Å². The van der Waals surface area contributed by atoms with E-state index in [1.165, 1.54) is 30.3 Å². The van der Waals surface area contributed by atoms with Gasteiger partial charge in [-0.05, 0) is 69.9 Å². The maximum absolute atomic E-state index is 12.2. The first-order valence-corrected chi connectivity index (χ1v) is 16.7. The minimum Gasteiger partial charge on any atom is -0.458 e. The first-order valence-electron chi connectivity index (χ1n) is 15.9. The number of amides is 1. The van der Waals surface area contributed by atoms with Gasteiger partial charge in [0, 0.05) is 55.3 Å². The first kappa shape index (κ1) is 28.5. The van der Waals surface area contributed by atoms with E-state index >= 15 is 0 Å². The third kappa shape index (κ3) is 4.44. The summed E-state index contributed by atoms with van der Waals surface area (Å²) < 4.78 is 12.7. The van der Waals surface area contributed by atoms with Crippen molar-refractivity contribution in [3.63, 3.8) is 0 Å². The molecule has 2 saturated carbocycles. The van der Waals surface area contributed by atoms with Gasteiger partial charge in [0.15, 0.2) is 0 Å². The number of fused-ring (bicyclic) bond motifs is 2. The van der Waals surface area contributed by atoms with Crippen LogP contribution in [0.25, 0.3) is 11.5 Å². The van der Waals surface area contributed by atoms with Gasteiger partial charge in [0.05, 0.1) is 11.0 Å². The van der Waals surface area contributed by atoms with Gasteiger partial charge < -0.3 is 24.8 Å². The minimum atomic E-state index is -0.631. The lowest BCUT2D eigenvalue weighted by Crippen LogP contribution is -2.48. The summed E-state index contributed by atoms with van der Waals surface area (Å²) in [5.74, 6) is 3.37. The Kier molecular flexibility index (Phi) is 6.65. The molecule has 0 spiro atoms. The number of piperazine rings is 1. The Hall–Kier alpha value is -4.02. The van der Waals surface area contributed by atoms with Crippen molar-refractivity contribution in [3.8, 4) is 23.6 Å². The Morgan fingerprint density at radius 3 is 2.84 bits per heavy atom. The highest BCUT2D eigenvalue weighted by atomic mass is 32.1. The standard InChI is InChI=1S/C32H37N9O3S/c1-4-24(42)41-10-8-40(9-11-41)23-14-21(35-31(36-23)43-27-17-12-18-16-39(3)26(27)19(18)13-17)29-37-30(44-38-29)32(2)7-5-6-22-25(32)20(15-33)28(34)45-22/h4,14,17-19,26-27H,1,5-13,16,34H2,2-3H3/t17?,18?,19-,26+,27-,32-/m0/s1. The van der Waals surface area contributed by atoms with Crippen molar-refractivity contribution in [3.05, 3.63) is 40.6 Å². The lowest BCUT2D eigenvalue weighted by Gasteiger charge is -2.35. The van der Waals surface area contributed by atoms with Crippen molar-refractivity contribution >= 4 is 28.1 Å². The number of nitrogen functional groups attached to an aromatic ring is 1. The zero-order valence-corrected chi connectivity index (χ0v) is 26.4. The monoisotopic (exact) mass is 627 g/mol. The Morgan fingerprint density at radius 2 is 2.07 bits per heavy atom. The summed E-state index contributed by atoms with van der Waals surface area (Å²) in [7, 11) is 2.20. The van der Waals surface area contributed by atoms with Crippen molar-refractivity contribution < 1.29 is 14.1 Å². The molecule has 5 aliphatic rings. The summed E-state index contributed by atoms with van der Waals surface area (Å²) in [6.45, 7) is 9.18. The number of aryl methyl sites for hydroxylation is 1. The van der Waals surface area contributed by atoms with Crippen molar-refractivity contribution in [2.45, 2.75) is 56.6 Å². The molecule has 3 aliphatic carbocycles. The van der Waals surface area contributed by atoms with Crippen molar-refractivity contribution in [2.75, 3.05) is 50.4 Å². The molecule has 5 heterocycles. The normalized spacial score (nSPS) is 30.4. The van der Waals surface area contributed by atoms with Gasteiger partial charge in [0.25, 0.3) is 0 Å². The molecule has 0 radical (unpaired) electrons. The zero-order valence-electron chi connectivity index (χ0n) is 25.6. The van der Waals surface area contributed by atoms with Crippen LogP contribution in [-0.4, -0.2) is 87.7 Å². The van der Waals surface area contributed by atoms with E-state index < -0.39 is 5.41 Å². The van der Waals surface area contributed by atoms with Crippen LogP contribution in [0.15, 0.2) is 23.2 Å². The number of likely N-dealkylation sites (tertiary alicyclic amines) is 1. The number of carbonyl (C=O) groups is 1. The predicted octanol–water partition coefficient (Wildman–Crippen LogP) is 3.24. The number of thiophene rings is 1. The molecule has 234 valence electrons. The number of nitrogens with zero attached hydrogens (tertiary/aromatic N) is 8. The maximum atomic E-state index is 12.2. The van der Waals surface area contributed by atoms with E-state index in [2.05, 4.69) is 41.6 Å². The van der Waals surface area contributed by atoms with E-state index in [0.717, 1.165) is 42.2 Å².